The third-order valence-corrected chi connectivity index (χ3v) is 3.66. The highest BCUT2D eigenvalue weighted by Gasteiger charge is 2.17. The van der Waals surface area contributed by atoms with Gasteiger partial charge in [0.1, 0.15) is 5.75 Å². The number of benzene rings is 1. The van der Waals surface area contributed by atoms with E-state index in [-0.39, 0.29) is 11.8 Å². The molecule has 0 unspecified atom stereocenters. The molecule has 118 valence electrons. The first-order valence-electron chi connectivity index (χ1n) is 7.56. The van der Waals surface area contributed by atoms with Gasteiger partial charge in [-0.3, -0.25) is 14.2 Å². The number of carbonyl (C=O) groups is 2. The zero-order valence-electron chi connectivity index (χ0n) is 13.3. The van der Waals surface area contributed by atoms with Gasteiger partial charge in [0.15, 0.2) is 0 Å². The predicted molar refractivity (Wildman–Crippen MR) is 86.6 cm³/mol. The molecule has 1 amide bonds. The van der Waals surface area contributed by atoms with Crippen molar-refractivity contribution in [3.8, 4) is 5.75 Å². The van der Waals surface area contributed by atoms with Gasteiger partial charge in [0.05, 0.1) is 18.2 Å². The number of amides is 1. The Labute approximate surface area is 130 Å². The maximum Gasteiger partial charge on any atom is 0.253 e. The molecule has 0 radical (unpaired) electrons. The van der Waals surface area contributed by atoms with Crippen LogP contribution in [0.5, 0.6) is 5.75 Å². The molecule has 0 fully saturated rings. The molecule has 1 heterocycles. The first-order chi connectivity index (χ1) is 10.6. The van der Waals surface area contributed by atoms with Gasteiger partial charge in [-0.05, 0) is 24.6 Å². The van der Waals surface area contributed by atoms with Crippen LogP contribution in [-0.2, 0) is 0 Å². The van der Waals surface area contributed by atoms with Crippen LogP contribution in [0.3, 0.4) is 0 Å². The van der Waals surface area contributed by atoms with Crippen LogP contribution < -0.4 is 10.1 Å². The van der Waals surface area contributed by atoms with Gasteiger partial charge in [0.25, 0.3) is 5.91 Å². The van der Waals surface area contributed by atoms with Gasteiger partial charge in [-0.15, -0.1) is 0 Å². The highest BCUT2D eigenvalue weighted by atomic mass is 16.5. The van der Waals surface area contributed by atoms with Crippen LogP contribution in [0, 0.1) is 0 Å². The minimum Gasteiger partial charge on any atom is -0.497 e. The minimum atomic E-state index is -0.158. The lowest BCUT2D eigenvalue weighted by Gasteiger charge is -2.04. The first kappa shape index (κ1) is 16.1. The summed E-state index contributed by atoms with van der Waals surface area (Å²) in [7, 11) is 1.58. The summed E-state index contributed by atoms with van der Waals surface area (Å²) in [5.74, 6) is 0.378. The molecule has 0 aliphatic carbocycles. The second kappa shape index (κ2) is 7.11. The van der Waals surface area contributed by atoms with E-state index in [4.69, 9.17) is 4.74 Å². The van der Waals surface area contributed by atoms with E-state index in [1.165, 1.54) is 11.5 Å². The molecule has 2 aromatic rings. The summed E-state index contributed by atoms with van der Waals surface area (Å²) in [5.41, 5.74) is 1.22. The van der Waals surface area contributed by atoms with E-state index in [1.54, 1.807) is 31.5 Å². The van der Waals surface area contributed by atoms with Gasteiger partial charge >= 0.3 is 0 Å². The number of methoxy groups -OCH3 is 1. The third kappa shape index (κ3) is 3.30. The van der Waals surface area contributed by atoms with Crippen molar-refractivity contribution < 1.29 is 14.3 Å². The van der Waals surface area contributed by atoms with Crippen molar-refractivity contribution >= 4 is 22.7 Å². The van der Waals surface area contributed by atoms with Crippen LogP contribution in [0.1, 0.15) is 48.3 Å². The minimum absolute atomic E-state index is 0.125. The average molecular weight is 302 g/mol. The van der Waals surface area contributed by atoms with Crippen molar-refractivity contribution in [3.05, 3.63) is 30.0 Å². The SMILES string of the molecule is CCCCCNC(=O)c1cn(C(C)=O)c2ccc(OC)cc12. The molecule has 0 aliphatic heterocycles. The quantitative estimate of drug-likeness (QED) is 0.833. The number of nitrogens with zero attached hydrogens (tertiary/aromatic N) is 1. The summed E-state index contributed by atoms with van der Waals surface area (Å²) in [4.78, 5) is 24.1. The molecule has 1 aromatic carbocycles. The van der Waals surface area contributed by atoms with Crippen LogP contribution in [-0.4, -0.2) is 30.0 Å². The van der Waals surface area contributed by atoms with Crippen molar-refractivity contribution in [1.29, 1.82) is 0 Å². The summed E-state index contributed by atoms with van der Waals surface area (Å²) < 4.78 is 6.71. The summed E-state index contributed by atoms with van der Waals surface area (Å²) >= 11 is 0. The summed E-state index contributed by atoms with van der Waals surface area (Å²) in [5, 5.41) is 3.64. The molecule has 1 aromatic heterocycles. The number of unbranched alkanes of at least 4 members (excludes halogenated alkanes) is 2. The number of hydrogen-bond acceptors (Lipinski definition) is 3. The van der Waals surface area contributed by atoms with Crippen LogP contribution >= 0.6 is 0 Å². The lowest BCUT2D eigenvalue weighted by molar-refractivity contribution is 0.0941. The number of rotatable bonds is 6. The molecule has 0 spiro atoms. The second-order valence-electron chi connectivity index (χ2n) is 5.28. The Bertz CT molecular complexity index is 689. The summed E-state index contributed by atoms with van der Waals surface area (Å²) in [6.45, 7) is 4.24. The lowest BCUT2D eigenvalue weighted by Crippen LogP contribution is -2.24. The van der Waals surface area contributed by atoms with Crippen molar-refractivity contribution in [2.75, 3.05) is 13.7 Å². The molecule has 0 saturated heterocycles. The maximum absolute atomic E-state index is 12.4. The van der Waals surface area contributed by atoms with Crippen molar-refractivity contribution in [3.63, 3.8) is 0 Å². The Morgan fingerprint density at radius 3 is 2.68 bits per heavy atom. The number of ether oxygens (including phenoxy) is 1. The number of aromatic nitrogens is 1. The Morgan fingerprint density at radius 2 is 2.05 bits per heavy atom. The van der Waals surface area contributed by atoms with E-state index in [0.717, 1.165) is 24.6 Å². The third-order valence-electron chi connectivity index (χ3n) is 3.66. The monoisotopic (exact) mass is 302 g/mol. The fourth-order valence-electron chi connectivity index (χ4n) is 2.45. The zero-order valence-corrected chi connectivity index (χ0v) is 13.3. The van der Waals surface area contributed by atoms with Gasteiger partial charge in [0.2, 0.25) is 5.91 Å². The fourth-order valence-corrected chi connectivity index (χ4v) is 2.45. The number of hydrogen-bond donors (Lipinski definition) is 1. The Balaban J connectivity index is 2.35. The van der Waals surface area contributed by atoms with Crippen molar-refractivity contribution in [1.82, 2.24) is 9.88 Å². The number of nitrogens with one attached hydrogen (secondary N) is 1. The van der Waals surface area contributed by atoms with E-state index in [9.17, 15) is 9.59 Å². The first-order valence-corrected chi connectivity index (χ1v) is 7.56. The molecule has 0 atom stereocenters. The van der Waals surface area contributed by atoms with E-state index < -0.39 is 0 Å². The van der Waals surface area contributed by atoms with Gasteiger partial charge in [0, 0.05) is 25.1 Å². The number of carbonyl (C=O) groups excluding carboxylic acids is 2. The molecule has 0 saturated carbocycles. The van der Waals surface area contributed by atoms with Crippen molar-refractivity contribution in [2.24, 2.45) is 0 Å². The maximum atomic E-state index is 12.4. The van der Waals surface area contributed by atoms with Crippen molar-refractivity contribution in [2.45, 2.75) is 33.1 Å². The molecule has 0 aliphatic rings. The molecule has 0 bridgehead atoms. The van der Waals surface area contributed by atoms with Crippen LogP contribution in [0.25, 0.3) is 10.9 Å². The Morgan fingerprint density at radius 1 is 1.27 bits per heavy atom. The van der Waals surface area contributed by atoms with Crippen LogP contribution in [0.4, 0.5) is 0 Å². The van der Waals surface area contributed by atoms with Crippen LogP contribution in [0.2, 0.25) is 0 Å². The van der Waals surface area contributed by atoms with Gasteiger partial charge in [-0.25, -0.2) is 0 Å². The molecular weight excluding hydrogens is 280 g/mol. The predicted octanol–water partition coefficient (Wildman–Crippen LogP) is 3.23. The second-order valence-corrected chi connectivity index (χ2v) is 5.28. The Kier molecular flexibility index (Phi) is 5.20. The van der Waals surface area contributed by atoms with Crippen LogP contribution in [0.15, 0.2) is 24.4 Å². The topological polar surface area (TPSA) is 60.3 Å². The molecule has 2 rings (SSSR count). The molecule has 5 heteroatoms. The highest BCUT2D eigenvalue weighted by Crippen LogP contribution is 2.26. The van der Waals surface area contributed by atoms with Gasteiger partial charge in [-0.1, -0.05) is 19.8 Å². The standard InChI is InChI=1S/C17H22N2O3/c1-4-5-6-9-18-17(21)15-11-19(12(2)20)16-8-7-13(22-3)10-14(15)16/h7-8,10-11H,4-6,9H2,1-3H3,(H,18,21). The number of fused-ring (bicyclic) bond motifs is 1. The fraction of sp³-hybridized carbons (Fsp3) is 0.412. The Hall–Kier alpha value is -2.30. The molecular formula is C17H22N2O3. The zero-order chi connectivity index (χ0) is 16.1. The van der Waals surface area contributed by atoms with Gasteiger partial charge in [-0.2, -0.15) is 0 Å². The molecule has 22 heavy (non-hydrogen) atoms. The average Bonchev–Trinajstić information content (AvgIpc) is 2.90. The van der Waals surface area contributed by atoms with Gasteiger partial charge < -0.3 is 10.1 Å². The van der Waals surface area contributed by atoms with E-state index in [2.05, 4.69) is 12.2 Å². The normalized spacial score (nSPS) is 10.7. The highest BCUT2D eigenvalue weighted by molar-refractivity contribution is 6.09. The lowest BCUT2D eigenvalue weighted by atomic mass is 10.1. The molecule has 1 N–H and O–H groups in total. The summed E-state index contributed by atoms with van der Waals surface area (Å²) in [6, 6.07) is 5.36. The van der Waals surface area contributed by atoms with E-state index >= 15 is 0 Å². The smallest absolute Gasteiger partial charge is 0.253 e. The molecule has 5 nitrogen and oxygen atoms in total. The summed E-state index contributed by atoms with van der Waals surface area (Å²) in [6.07, 6.45) is 4.75. The van der Waals surface area contributed by atoms with E-state index in [1.807, 2.05) is 0 Å². The largest absolute Gasteiger partial charge is 0.497 e. The van der Waals surface area contributed by atoms with E-state index in [0.29, 0.717) is 23.4 Å².